The number of nitrogens with one attached hydrogen (secondary N) is 2. The summed E-state index contributed by atoms with van der Waals surface area (Å²) in [7, 11) is -3.40. The Hall–Kier alpha value is -1.92. The number of hydrogen-bond acceptors (Lipinski definition) is 4. The van der Waals surface area contributed by atoms with Crippen LogP contribution in [-0.2, 0) is 9.84 Å². The molecule has 0 amide bonds. The first-order valence-corrected chi connectivity index (χ1v) is 9.90. The minimum atomic E-state index is -3.40. The van der Waals surface area contributed by atoms with E-state index in [1.54, 1.807) is 0 Å². The Kier molecular flexibility index (Phi) is 4.87. The lowest BCUT2D eigenvalue weighted by atomic mass is 10.0. The quantitative estimate of drug-likeness (QED) is 0.892. The molecular weight excluding hydrogens is 327 g/mol. The molecule has 1 heterocycles. The third-order valence-corrected chi connectivity index (χ3v) is 5.38. The van der Waals surface area contributed by atoms with Crippen LogP contribution in [0.3, 0.4) is 0 Å². The predicted molar refractivity (Wildman–Crippen MR) is 94.5 cm³/mol. The number of sulfone groups is 1. The summed E-state index contributed by atoms with van der Waals surface area (Å²) in [5.41, 5.74) is 2.14. The van der Waals surface area contributed by atoms with Crippen molar-refractivity contribution < 1.29 is 12.8 Å². The lowest BCUT2D eigenvalue weighted by Gasteiger charge is -2.24. The number of anilines is 1. The Morgan fingerprint density at radius 3 is 2.33 bits per heavy atom. The Balaban J connectivity index is 1.78. The lowest BCUT2D eigenvalue weighted by Crippen LogP contribution is -2.35. The van der Waals surface area contributed by atoms with E-state index in [1.165, 1.54) is 12.1 Å². The summed E-state index contributed by atoms with van der Waals surface area (Å²) in [5.74, 6) is -0.531. The third-order valence-electron chi connectivity index (χ3n) is 4.27. The number of benzene rings is 2. The van der Waals surface area contributed by atoms with Crippen LogP contribution in [0.15, 0.2) is 47.4 Å². The van der Waals surface area contributed by atoms with Gasteiger partial charge >= 0.3 is 0 Å². The number of piperidine rings is 1. The van der Waals surface area contributed by atoms with Crippen molar-refractivity contribution in [1.29, 1.82) is 0 Å². The fourth-order valence-corrected chi connectivity index (χ4v) is 3.54. The first-order valence-electron chi connectivity index (χ1n) is 8.01. The Labute approximate surface area is 142 Å². The number of halogens is 1. The van der Waals surface area contributed by atoms with E-state index in [9.17, 15) is 12.8 Å². The molecule has 0 spiro atoms. The first-order chi connectivity index (χ1) is 11.4. The van der Waals surface area contributed by atoms with E-state index in [4.69, 9.17) is 0 Å². The molecule has 0 aliphatic carbocycles. The van der Waals surface area contributed by atoms with Crippen LogP contribution < -0.4 is 10.6 Å². The van der Waals surface area contributed by atoms with Crippen molar-refractivity contribution in [3.63, 3.8) is 0 Å². The van der Waals surface area contributed by atoms with E-state index < -0.39 is 15.7 Å². The SMILES string of the molecule is CS(=O)(=O)c1ccc(-c2ccc(NC3CCNCC3)cc2)c(F)c1. The maximum Gasteiger partial charge on any atom is 0.175 e. The smallest absolute Gasteiger partial charge is 0.175 e. The highest BCUT2D eigenvalue weighted by Gasteiger charge is 2.14. The molecule has 1 aliphatic heterocycles. The van der Waals surface area contributed by atoms with Crippen LogP contribution in [0, 0.1) is 5.82 Å². The maximum absolute atomic E-state index is 14.3. The second-order valence-electron chi connectivity index (χ2n) is 6.16. The van der Waals surface area contributed by atoms with Crippen LogP contribution in [0.1, 0.15) is 12.8 Å². The van der Waals surface area contributed by atoms with Crippen molar-refractivity contribution in [3.8, 4) is 11.1 Å². The minimum absolute atomic E-state index is 0.00653. The average molecular weight is 348 g/mol. The molecule has 0 saturated carbocycles. The van der Waals surface area contributed by atoms with Crippen molar-refractivity contribution in [3.05, 3.63) is 48.3 Å². The van der Waals surface area contributed by atoms with Crippen LogP contribution >= 0.6 is 0 Å². The largest absolute Gasteiger partial charge is 0.382 e. The molecule has 2 aromatic rings. The molecular formula is C18H21FN2O2S. The summed E-state index contributed by atoms with van der Waals surface area (Å²) in [5, 5.41) is 6.82. The van der Waals surface area contributed by atoms with Crippen LogP contribution in [0.25, 0.3) is 11.1 Å². The molecule has 6 heteroatoms. The summed E-state index contributed by atoms with van der Waals surface area (Å²) >= 11 is 0. The Bertz CT molecular complexity index is 813. The zero-order valence-corrected chi connectivity index (χ0v) is 14.4. The van der Waals surface area contributed by atoms with Crippen LogP contribution in [0.5, 0.6) is 0 Å². The molecule has 1 fully saturated rings. The van der Waals surface area contributed by atoms with Crippen LogP contribution in [0.2, 0.25) is 0 Å². The van der Waals surface area contributed by atoms with Gasteiger partial charge in [-0.25, -0.2) is 12.8 Å². The van der Waals surface area contributed by atoms with Gasteiger partial charge in [-0.1, -0.05) is 18.2 Å². The van der Waals surface area contributed by atoms with E-state index >= 15 is 0 Å². The second kappa shape index (κ2) is 6.91. The van der Waals surface area contributed by atoms with E-state index in [1.807, 2.05) is 24.3 Å². The molecule has 2 N–H and O–H groups in total. The Morgan fingerprint density at radius 2 is 1.75 bits per heavy atom. The van der Waals surface area contributed by atoms with Gasteiger partial charge in [0.15, 0.2) is 9.84 Å². The first kappa shape index (κ1) is 16.9. The zero-order valence-electron chi connectivity index (χ0n) is 13.5. The van der Waals surface area contributed by atoms with Crippen molar-refractivity contribution in [2.75, 3.05) is 24.7 Å². The number of hydrogen-bond donors (Lipinski definition) is 2. The Morgan fingerprint density at radius 1 is 1.08 bits per heavy atom. The van der Waals surface area contributed by atoms with Crippen molar-refractivity contribution in [2.45, 2.75) is 23.8 Å². The van der Waals surface area contributed by atoms with Crippen molar-refractivity contribution >= 4 is 15.5 Å². The molecule has 24 heavy (non-hydrogen) atoms. The van der Waals surface area contributed by atoms with Gasteiger partial charge in [-0.05, 0) is 55.8 Å². The molecule has 1 saturated heterocycles. The fraction of sp³-hybridized carbons (Fsp3) is 0.333. The predicted octanol–water partition coefficient (Wildman–Crippen LogP) is 3.06. The van der Waals surface area contributed by atoms with E-state index in [0.29, 0.717) is 11.6 Å². The van der Waals surface area contributed by atoms with Gasteiger partial charge in [-0.3, -0.25) is 0 Å². The summed E-state index contributed by atoms with van der Waals surface area (Å²) in [6, 6.07) is 12.1. The maximum atomic E-state index is 14.3. The molecule has 0 bridgehead atoms. The highest BCUT2D eigenvalue weighted by atomic mass is 32.2. The van der Waals surface area contributed by atoms with Gasteiger partial charge in [-0.2, -0.15) is 0 Å². The third kappa shape index (κ3) is 3.94. The highest BCUT2D eigenvalue weighted by Crippen LogP contribution is 2.27. The van der Waals surface area contributed by atoms with Crippen molar-refractivity contribution in [1.82, 2.24) is 5.32 Å². The van der Waals surface area contributed by atoms with Gasteiger partial charge in [0.2, 0.25) is 0 Å². The van der Waals surface area contributed by atoms with Crippen LogP contribution in [-0.4, -0.2) is 33.8 Å². The minimum Gasteiger partial charge on any atom is -0.382 e. The summed E-state index contributed by atoms with van der Waals surface area (Å²) in [6.45, 7) is 2.04. The second-order valence-corrected chi connectivity index (χ2v) is 8.18. The molecule has 2 aromatic carbocycles. The number of rotatable bonds is 4. The van der Waals surface area contributed by atoms with Gasteiger partial charge in [0.25, 0.3) is 0 Å². The van der Waals surface area contributed by atoms with Gasteiger partial charge in [0.05, 0.1) is 4.90 Å². The topological polar surface area (TPSA) is 58.2 Å². The summed E-state index contributed by atoms with van der Waals surface area (Å²) in [4.78, 5) is -0.00653. The molecule has 3 rings (SSSR count). The monoisotopic (exact) mass is 348 g/mol. The molecule has 1 aliphatic rings. The molecule has 0 aromatic heterocycles. The standard InChI is InChI=1S/C18H21FN2O2S/c1-24(22,23)16-6-7-17(18(19)12-16)13-2-4-14(5-3-13)21-15-8-10-20-11-9-15/h2-7,12,15,20-21H,8-11H2,1H3. The zero-order chi connectivity index (χ0) is 17.2. The molecule has 4 nitrogen and oxygen atoms in total. The van der Waals surface area contributed by atoms with Gasteiger partial charge in [0.1, 0.15) is 5.82 Å². The van der Waals surface area contributed by atoms with Crippen LogP contribution in [0.4, 0.5) is 10.1 Å². The molecule has 128 valence electrons. The average Bonchev–Trinajstić information content (AvgIpc) is 2.56. The highest BCUT2D eigenvalue weighted by molar-refractivity contribution is 7.90. The van der Waals surface area contributed by atoms with E-state index in [0.717, 1.165) is 49.5 Å². The van der Waals surface area contributed by atoms with Gasteiger partial charge < -0.3 is 10.6 Å². The lowest BCUT2D eigenvalue weighted by molar-refractivity contribution is 0.479. The summed E-state index contributed by atoms with van der Waals surface area (Å²) < 4.78 is 37.2. The molecule has 0 radical (unpaired) electrons. The fourth-order valence-electron chi connectivity index (χ4n) is 2.91. The van der Waals surface area contributed by atoms with Crippen molar-refractivity contribution in [2.24, 2.45) is 0 Å². The molecule has 0 atom stereocenters. The van der Waals surface area contributed by atoms with E-state index in [-0.39, 0.29) is 4.90 Å². The van der Waals surface area contributed by atoms with Gasteiger partial charge in [-0.15, -0.1) is 0 Å². The van der Waals surface area contributed by atoms with E-state index in [2.05, 4.69) is 10.6 Å². The van der Waals surface area contributed by atoms with Gasteiger partial charge in [0, 0.05) is 23.5 Å². The summed E-state index contributed by atoms with van der Waals surface area (Å²) in [6.07, 6.45) is 3.25. The normalized spacial score (nSPS) is 16.1. The molecule has 0 unspecified atom stereocenters.